The van der Waals surface area contributed by atoms with E-state index in [2.05, 4.69) is 25.3 Å². The Labute approximate surface area is 145 Å². The number of anilines is 1. The van der Waals surface area contributed by atoms with Crippen molar-refractivity contribution in [2.75, 3.05) is 18.0 Å². The molecule has 3 aromatic rings. The summed E-state index contributed by atoms with van der Waals surface area (Å²) in [4.78, 5) is 23.5. The minimum Gasteiger partial charge on any atom is -0.355 e. The van der Waals surface area contributed by atoms with E-state index in [0.717, 1.165) is 42.8 Å². The summed E-state index contributed by atoms with van der Waals surface area (Å²) in [6, 6.07) is 9.63. The fourth-order valence-corrected chi connectivity index (χ4v) is 3.08. The Balaban J connectivity index is 1.38. The fourth-order valence-electron chi connectivity index (χ4n) is 3.08. The molecule has 1 aliphatic rings. The highest BCUT2D eigenvalue weighted by molar-refractivity contribution is 5.91. The van der Waals surface area contributed by atoms with Crippen LogP contribution in [0.25, 0.3) is 11.0 Å². The smallest absolute Gasteiger partial charge is 0.290 e. The topological polar surface area (TPSA) is 84.2 Å². The van der Waals surface area contributed by atoms with E-state index in [0.29, 0.717) is 5.69 Å². The van der Waals surface area contributed by atoms with Crippen LogP contribution in [-0.2, 0) is 0 Å². The molecule has 1 fully saturated rings. The molecule has 1 N–H and O–H groups in total. The van der Waals surface area contributed by atoms with Crippen molar-refractivity contribution in [3.63, 3.8) is 0 Å². The van der Waals surface area contributed by atoms with E-state index >= 15 is 0 Å². The average molecular weight is 337 g/mol. The number of hydrogen-bond donors (Lipinski definition) is 1. The molecule has 25 heavy (non-hydrogen) atoms. The molecular formula is C18H19N5O2. The van der Waals surface area contributed by atoms with Crippen LogP contribution in [0.5, 0.6) is 0 Å². The van der Waals surface area contributed by atoms with E-state index in [1.54, 1.807) is 13.0 Å². The van der Waals surface area contributed by atoms with Crippen LogP contribution >= 0.6 is 0 Å². The maximum absolute atomic E-state index is 12.1. The number of piperidine rings is 1. The van der Waals surface area contributed by atoms with Gasteiger partial charge in [-0.3, -0.25) is 9.78 Å². The second-order valence-electron chi connectivity index (χ2n) is 6.28. The number of carbonyl (C=O) groups is 1. The highest BCUT2D eigenvalue weighted by Crippen LogP contribution is 2.20. The Hall–Kier alpha value is -2.96. The number of fused-ring (bicyclic) bond motifs is 1. The number of carbonyl (C=O) groups excluding carboxylic acids is 1. The van der Waals surface area contributed by atoms with Crippen molar-refractivity contribution in [2.45, 2.75) is 25.8 Å². The molecule has 0 unspecified atom stereocenters. The van der Waals surface area contributed by atoms with E-state index in [1.165, 1.54) is 0 Å². The number of hydrogen-bond acceptors (Lipinski definition) is 6. The van der Waals surface area contributed by atoms with Crippen LogP contribution in [0.4, 0.5) is 5.82 Å². The highest BCUT2D eigenvalue weighted by Gasteiger charge is 2.23. The largest absolute Gasteiger partial charge is 0.355 e. The van der Waals surface area contributed by atoms with Gasteiger partial charge >= 0.3 is 0 Å². The number of aromatic nitrogens is 3. The lowest BCUT2D eigenvalue weighted by molar-refractivity contribution is 0.0893. The lowest BCUT2D eigenvalue weighted by Gasteiger charge is -2.32. The second kappa shape index (κ2) is 6.51. The van der Waals surface area contributed by atoms with E-state index in [9.17, 15) is 4.79 Å². The summed E-state index contributed by atoms with van der Waals surface area (Å²) < 4.78 is 5.01. The van der Waals surface area contributed by atoms with Gasteiger partial charge in [0.15, 0.2) is 0 Å². The van der Waals surface area contributed by atoms with Crippen LogP contribution in [0.15, 0.2) is 41.1 Å². The SMILES string of the molecule is Cc1cc(C(=O)NC2CCN(c3cnc4ccccc4n3)CC2)on1. The zero-order valence-electron chi connectivity index (χ0n) is 14.0. The van der Waals surface area contributed by atoms with Gasteiger partial charge < -0.3 is 14.7 Å². The van der Waals surface area contributed by atoms with Gasteiger partial charge in [-0.2, -0.15) is 0 Å². The molecule has 4 rings (SSSR count). The van der Waals surface area contributed by atoms with E-state index in [4.69, 9.17) is 4.52 Å². The van der Waals surface area contributed by atoms with Crippen LogP contribution < -0.4 is 10.2 Å². The first-order valence-corrected chi connectivity index (χ1v) is 8.40. The summed E-state index contributed by atoms with van der Waals surface area (Å²) in [7, 11) is 0. The number of benzene rings is 1. The van der Waals surface area contributed by atoms with Crippen molar-refractivity contribution in [1.82, 2.24) is 20.4 Å². The summed E-state index contributed by atoms with van der Waals surface area (Å²) in [6.07, 6.45) is 3.53. The number of amides is 1. The van der Waals surface area contributed by atoms with Gasteiger partial charge in [0.2, 0.25) is 5.76 Å². The summed E-state index contributed by atoms with van der Waals surface area (Å²) in [5.74, 6) is 0.944. The molecule has 0 aliphatic carbocycles. The summed E-state index contributed by atoms with van der Waals surface area (Å²) in [5, 5.41) is 6.76. The highest BCUT2D eigenvalue weighted by atomic mass is 16.5. The molecule has 1 amide bonds. The Bertz CT molecular complexity index is 899. The predicted octanol–water partition coefficient (Wildman–Crippen LogP) is 2.33. The molecule has 1 aliphatic heterocycles. The number of rotatable bonds is 3. The molecule has 1 aromatic carbocycles. The van der Waals surface area contributed by atoms with Crippen molar-refractivity contribution in [1.29, 1.82) is 0 Å². The molecule has 1 saturated heterocycles. The molecule has 0 spiro atoms. The van der Waals surface area contributed by atoms with E-state index in [1.807, 2.05) is 30.5 Å². The minimum absolute atomic E-state index is 0.127. The number of nitrogens with one attached hydrogen (secondary N) is 1. The monoisotopic (exact) mass is 337 g/mol. The number of para-hydroxylation sites is 2. The van der Waals surface area contributed by atoms with E-state index in [-0.39, 0.29) is 17.7 Å². The standard InChI is InChI=1S/C18H19N5O2/c1-12-10-16(25-22-12)18(24)20-13-6-8-23(9-7-13)17-11-19-14-4-2-3-5-15(14)21-17/h2-5,10-11,13H,6-9H2,1H3,(H,20,24). The van der Waals surface area contributed by atoms with Gasteiger partial charge in [-0.05, 0) is 31.9 Å². The predicted molar refractivity (Wildman–Crippen MR) is 93.5 cm³/mol. The second-order valence-corrected chi connectivity index (χ2v) is 6.28. The van der Waals surface area contributed by atoms with Crippen LogP contribution in [0.3, 0.4) is 0 Å². The van der Waals surface area contributed by atoms with Gasteiger partial charge in [0.25, 0.3) is 5.91 Å². The molecule has 7 heteroatoms. The molecule has 0 atom stereocenters. The minimum atomic E-state index is -0.204. The van der Waals surface area contributed by atoms with Gasteiger partial charge in [0.1, 0.15) is 5.82 Å². The zero-order valence-corrected chi connectivity index (χ0v) is 14.0. The van der Waals surface area contributed by atoms with Crippen LogP contribution in [0.1, 0.15) is 29.1 Å². The lowest BCUT2D eigenvalue weighted by Crippen LogP contribution is -2.44. The van der Waals surface area contributed by atoms with Gasteiger partial charge in [0, 0.05) is 25.2 Å². The first kappa shape index (κ1) is 15.6. The third-order valence-corrected chi connectivity index (χ3v) is 4.44. The van der Waals surface area contributed by atoms with Crippen molar-refractivity contribution in [3.05, 3.63) is 48.0 Å². The Kier molecular flexibility index (Phi) is 4.05. The first-order valence-electron chi connectivity index (χ1n) is 8.40. The Morgan fingerprint density at radius 2 is 2.00 bits per heavy atom. The van der Waals surface area contributed by atoms with Crippen molar-refractivity contribution in [3.8, 4) is 0 Å². The summed E-state index contributed by atoms with van der Waals surface area (Å²) in [6.45, 7) is 3.45. The molecule has 7 nitrogen and oxygen atoms in total. The molecule has 3 heterocycles. The lowest BCUT2D eigenvalue weighted by atomic mass is 10.0. The first-order chi connectivity index (χ1) is 12.2. The molecule has 2 aromatic heterocycles. The van der Waals surface area contributed by atoms with Gasteiger partial charge in [0.05, 0.1) is 22.9 Å². The molecular weight excluding hydrogens is 318 g/mol. The third-order valence-electron chi connectivity index (χ3n) is 4.44. The van der Waals surface area contributed by atoms with Crippen molar-refractivity contribution in [2.24, 2.45) is 0 Å². The Morgan fingerprint density at radius 1 is 1.24 bits per heavy atom. The Morgan fingerprint density at radius 3 is 2.72 bits per heavy atom. The average Bonchev–Trinajstić information content (AvgIpc) is 3.08. The zero-order chi connectivity index (χ0) is 17.2. The maximum atomic E-state index is 12.1. The van der Waals surface area contributed by atoms with Gasteiger partial charge in [-0.25, -0.2) is 4.98 Å². The van der Waals surface area contributed by atoms with E-state index < -0.39 is 0 Å². The molecule has 0 radical (unpaired) electrons. The van der Waals surface area contributed by atoms with Crippen molar-refractivity contribution >= 4 is 22.8 Å². The quantitative estimate of drug-likeness (QED) is 0.789. The summed E-state index contributed by atoms with van der Waals surface area (Å²) >= 11 is 0. The molecule has 0 saturated carbocycles. The van der Waals surface area contributed by atoms with Crippen LogP contribution in [0, 0.1) is 6.92 Å². The van der Waals surface area contributed by atoms with Crippen LogP contribution in [-0.4, -0.2) is 40.2 Å². The number of nitrogens with zero attached hydrogens (tertiary/aromatic N) is 4. The molecule has 128 valence electrons. The van der Waals surface area contributed by atoms with Gasteiger partial charge in [-0.1, -0.05) is 17.3 Å². The number of aryl methyl sites for hydroxylation is 1. The van der Waals surface area contributed by atoms with Crippen molar-refractivity contribution < 1.29 is 9.32 Å². The fraction of sp³-hybridized carbons (Fsp3) is 0.333. The normalized spacial score (nSPS) is 15.5. The van der Waals surface area contributed by atoms with Crippen LogP contribution in [0.2, 0.25) is 0 Å². The van der Waals surface area contributed by atoms with Gasteiger partial charge in [-0.15, -0.1) is 0 Å². The maximum Gasteiger partial charge on any atom is 0.290 e. The molecule has 0 bridgehead atoms. The third kappa shape index (κ3) is 3.31. The summed E-state index contributed by atoms with van der Waals surface area (Å²) in [5.41, 5.74) is 2.50.